The highest BCUT2D eigenvalue weighted by Crippen LogP contribution is 2.36. The van der Waals surface area contributed by atoms with E-state index in [0.29, 0.717) is 12.2 Å². The Morgan fingerprint density at radius 3 is 2.45 bits per heavy atom. The van der Waals surface area contributed by atoms with Gasteiger partial charge in [0.05, 0.1) is 12.2 Å². The highest BCUT2D eigenvalue weighted by molar-refractivity contribution is 5.73. The minimum atomic E-state index is 0.351. The lowest BCUT2D eigenvalue weighted by Gasteiger charge is -2.21. The third-order valence-corrected chi connectivity index (χ3v) is 4.32. The number of benzene rings is 2. The van der Waals surface area contributed by atoms with Crippen LogP contribution in [0, 0.1) is 0 Å². The summed E-state index contributed by atoms with van der Waals surface area (Å²) in [7, 11) is 0. The Hall–Kier alpha value is -1.86. The molecular formula is C19H18O. The van der Waals surface area contributed by atoms with Crippen molar-refractivity contribution in [2.45, 2.75) is 31.5 Å². The van der Waals surface area contributed by atoms with Crippen molar-refractivity contribution in [1.29, 1.82) is 0 Å². The van der Waals surface area contributed by atoms with Gasteiger partial charge in [-0.1, -0.05) is 54.6 Å². The van der Waals surface area contributed by atoms with Gasteiger partial charge < -0.3 is 4.74 Å². The van der Waals surface area contributed by atoms with Crippen LogP contribution >= 0.6 is 0 Å². The number of fused-ring (bicyclic) bond motifs is 2. The first-order valence-corrected chi connectivity index (χ1v) is 7.40. The summed E-state index contributed by atoms with van der Waals surface area (Å²) in [6.07, 6.45) is 6.59. The van der Waals surface area contributed by atoms with Gasteiger partial charge in [-0.2, -0.15) is 0 Å². The van der Waals surface area contributed by atoms with Gasteiger partial charge in [0, 0.05) is 0 Å². The molecule has 0 spiro atoms. The maximum absolute atomic E-state index is 5.89. The quantitative estimate of drug-likeness (QED) is 0.763. The molecule has 1 nitrogen and oxygen atoms in total. The molecule has 2 aliphatic heterocycles. The first-order valence-electron chi connectivity index (χ1n) is 7.40. The van der Waals surface area contributed by atoms with Gasteiger partial charge in [0.1, 0.15) is 0 Å². The second kappa shape index (κ2) is 4.92. The van der Waals surface area contributed by atoms with E-state index >= 15 is 0 Å². The molecule has 0 aliphatic carbocycles. The fourth-order valence-corrected chi connectivity index (χ4v) is 3.29. The Bertz CT molecular complexity index is 642. The second-order valence-corrected chi connectivity index (χ2v) is 5.72. The van der Waals surface area contributed by atoms with Crippen LogP contribution in [0.4, 0.5) is 0 Å². The third-order valence-electron chi connectivity index (χ3n) is 4.32. The van der Waals surface area contributed by atoms with Crippen LogP contribution in [0.25, 0.3) is 16.7 Å². The van der Waals surface area contributed by atoms with Crippen LogP contribution in [-0.4, -0.2) is 12.2 Å². The normalized spacial score (nSPS) is 24.5. The van der Waals surface area contributed by atoms with E-state index in [1.807, 2.05) is 0 Å². The van der Waals surface area contributed by atoms with Crippen LogP contribution in [0.2, 0.25) is 0 Å². The third kappa shape index (κ3) is 2.19. The number of rotatable bonds is 2. The molecule has 0 aromatic heterocycles. The molecular weight excluding hydrogens is 244 g/mol. The van der Waals surface area contributed by atoms with E-state index < -0.39 is 0 Å². The highest BCUT2D eigenvalue weighted by atomic mass is 16.5. The van der Waals surface area contributed by atoms with Crippen molar-refractivity contribution in [3.8, 4) is 11.1 Å². The molecule has 4 rings (SSSR count). The first kappa shape index (κ1) is 11.9. The maximum atomic E-state index is 5.89. The Labute approximate surface area is 119 Å². The Balaban J connectivity index is 1.70. The van der Waals surface area contributed by atoms with Gasteiger partial charge in [0.15, 0.2) is 0 Å². The zero-order valence-electron chi connectivity index (χ0n) is 11.5. The summed E-state index contributed by atoms with van der Waals surface area (Å²) in [4.78, 5) is 0. The highest BCUT2D eigenvalue weighted by Gasteiger charge is 2.29. The zero-order chi connectivity index (χ0) is 13.4. The summed E-state index contributed by atoms with van der Waals surface area (Å²) in [5, 5.41) is 0. The van der Waals surface area contributed by atoms with Crippen molar-refractivity contribution in [3.63, 3.8) is 0 Å². The molecule has 100 valence electrons. The van der Waals surface area contributed by atoms with Gasteiger partial charge in [-0.25, -0.2) is 0 Å². The molecule has 20 heavy (non-hydrogen) atoms. The van der Waals surface area contributed by atoms with Gasteiger partial charge in [-0.15, -0.1) is 0 Å². The fourth-order valence-electron chi connectivity index (χ4n) is 3.29. The van der Waals surface area contributed by atoms with Crippen LogP contribution in [0.15, 0.2) is 60.7 Å². The summed E-state index contributed by atoms with van der Waals surface area (Å²) in [6.45, 7) is 0. The molecule has 0 N–H and O–H groups in total. The van der Waals surface area contributed by atoms with Gasteiger partial charge >= 0.3 is 0 Å². The lowest BCUT2D eigenvalue weighted by atomic mass is 9.95. The van der Waals surface area contributed by atoms with Gasteiger partial charge in [-0.05, 0) is 47.6 Å². The van der Waals surface area contributed by atoms with Gasteiger partial charge in [0.25, 0.3) is 0 Å². The topological polar surface area (TPSA) is 9.23 Å². The minimum absolute atomic E-state index is 0.351. The molecule has 1 heteroatoms. The van der Waals surface area contributed by atoms with Crippen molar-refractivity contribution in [1.82, 2.24) is 0 Å². The predicted octanol–water partition coefficient (Wildman–Crippen LogP) is 4.69. The summed E-state index contributed by atoms with van der Waals surface area (Å²) < 4.78 is 5.89. The molecule has 1 saturated heterocycles. The Kier molecular flexibility index (Phi) is 2.93. The standard InChI is InChI=1S/C19H18O/c1-2-5-14(6-3-1)15-7-4-8-16(11-15)17-12-18-9-10-19(13-17)20-18/h1-8,11-12,18-19H,9-10,13H2. The molecule has 2 unspecified atom stereocenters. The van der Waals surface area contributed by atoms with E-state index in [0.717, 1.165) is 6.42 Å². The molecule has 0 saturated carbocycles. The van der Waals surface area contributed by atoms with Crippen LogP contribution in [-0.2, 0) is 4.74 Å². The van der Waals surface area contributed by atoms with Crippen LogP contribution in [0.5, 0.6) is 0 Å². The molecule has 2 heterocycles. The van der Waals surface area contributed by atoms with Crippen LogP contribution in [0.3, 0.4) is 0 Å². The molecule has 2 aromatic carbocycles. The lowest BCUT2D eigenvalue weighted by molar-refractivity contribution is 0.0671. The molecule has 0 radical (unpaired) electrons. The van der Waals surface area contributed by atoms with Gasteiger partial charge in [0.2, 0.25) is 0 Å². The number of ether oxygens (including phenoxy) is 1. The lowest BCUT2D eigenvalue weighted by Crippen LogP contribution is -2.15. The molecule has 2 aliphatic rings. The molecule has 2 bridgehead atoms. The number of hydrogen-bond donors (Lipinski definition) is 0. The SMILES string of the molecule is C1=C(c2cccc(-c3ccccc3)c2)CC2CCC1O2. The van der Waals surface area contributed by atoms with E-state index in [1.165, 1.54) is 35.1 Å². The Morgan fingerprint density at radius 1 is 0.800 bits per heavy atom. The van der Waals surface area contributed by atoms with Crippen LogP contribution in [0.1, 0.15) is 24.8 Å². The van der Waals surface area contributed by atoms with Gasteiger partial charge in [-0.3, -0.25) is 0 Å². The fraction of sp³-hybridized carbons (Fsp3) is 0.263. The van der Waals surface area contributed by atoms with Crippen LogP contribution < -0.4 is 0 Å². The molecule has 2 aromatic rings. The largest absolute Gasteiger partial charge is 0.371 e. The molecule has 2 atom stereocenters. The summed E-state index contributed by atoms with van der Waals surface area (Å²) in [5.74, 6) is 0. The first-order chi connectivity index (χ1) is 9.88. The van der Waals surface area contributed by atoms with E-state index in [1.54, 1.807) is 0 Å². The molecule has 0 amide bonds. The summed E-state index contributed by atoms with van der Waals surface area (Å²) in [6, 6.07) is 19.5. The summed E-state index contributed by atoms with van der Waals surface area (Å²) in [5.41, 5.74) is 5.39. The van der Waals surface area contributed by atoms with Crippen molar-refractivity contribution in [2.75, 3.05) is 0 Å². The number of hydrogen-bond acceptors (Lipinski definition) is 1. The predicted molar refractivity (Wildman–Crippen MR) is 82.4 cm³/mol. The van der Waals surface area contributed by atoms with Crippen molar-refractivity contribution < 1.29 is 4.74 Å². The van der Waals surface area contributed by atoms with Crippen molar-refractivity contribution in [3.05, 3.63) is 66.2 Å². The average Bonchev–Trinajstić information content (AvgIpc) is 2.86. The van der Waals surface area contributed by atoms with E-state index in [2.05, 4.69) is 60.7 Å². The zero-order valence-corrected chi connectivity index (χ0v) is 11.5. The molecule has 1 fully saturated rings. The second-order valence-electron chi connectivity index (χ2n) is 5.72. The van der Waals surface area contributed by atoms with Crippen molar-refractivity contribution >= 4 is 5.57 Å². The monoisotopic (exact) mass is 262 g/mol. The Morgan fingerprint density at radius 2 is 1.60 bits per heavy atom. The smallest absolute Gasteiger partial charge is 0.0766 e. The average molecular weight is 262 g/mol. The van der Waals surface area contributed by atoms with E-state index in [-0.39, 0.29) is 0 Å². The van der Waals surface area contributed by atoms with E-state index in [4.69, 9.17) is 4.74 Å². The van der Waals surface area contributed by atoms with Crippen molar-refractivity contribution in [2.24, 2.45) is 0 Å². The maximum Gasteiger partial charge on any atom is 0.0766 e. The summed E-state index contributed by atoms with van der Waals surface area (Å²) >= 11 is 0. The van der Waals surface area contributed by atoms with E-state index in [9.17, 15) is 0 Å². The minimum Gasteiger partial charge on any atom is -0.371 e.